The van der Waals surface area contributed by atoms with Crippen LogP contribution in [0.5, 0.6) is 0 Å². The molecule has 21 heavy (non-hydrogen) atoms. The minimum atomic E-state index is -0.465. The number of aryl methyl sites for hydroxylation is 3. The molecular weight excluding hydrogens is 256 g/mol. The topological polar surface area (TPSA) is 17.1 Å². The molecule has 0 aliphatic rings. The second-order valence-corrected chi connectivity index (χ2v) is 6.20. The van der Waals surface area contributed by atoms with Crippen molar-refractivity contribution in [3.63, 3.8) is 0 Å². The molecule has 1 unspecified atom stereocenters. The number of Topliss-reactive ketones (excluding diaryl/α,β-unsaturated/α-hetero) is 1. The summed E-state index contributed by atoms with van der Waals surface area (Å²) in [6.45, 7) is 10.3. The summed E-state index contributed by atoms with van der Waals surface area (Å²) in [5.74, 6) is 0.214. The summed E-state index contributed by atoms with van der Waals surface area (Å²) in [7, 11) is 0. The van der Waals surface area contributed by atoms with Gasteiger partial charge in [-0.1, -0.05) is 60.5 Å². The van der Waals surface area contributed by atoms with E-state index in [0.29, 0.717) is 0 Å². The molecule has 0 aromatic heterocycles. The lowest BCUT2D eigenvalue weighted by atomic mass is 9.73. The van der Waals surface area contributed by atoms with Crippen molar-refractivity contribution in [3.05, 3.63) is 70.3 Å². The lowest BCUT2D eigenvalue weighted by molar-refractivity contribution is 0.0891. The lowest BCUT2D eigenvalue weighted by Crippen LogP contribution is -2.32. The maximum atomic E-state index is 13.1. The third-order valence-corrected chi connectivity index (χ3v) is 4.52. The van der Waals surface area contributed by atoms with Crippen LogP contribution in [0.3, 0.4) is 0 Å². The number of carbonyl (C=O) groups is 1. The molecule has 0 saturated carbocycles. The van der Waals surface area contributed by atoms with Crippen LogP contribution in [-0.2, 0) is 5.41 Å². The first kappa shape index (κ1) is 15.5. The molecule has 0 N–H and O–H groups in total. The second-order valence-electron chi connectivity index (χ2n) is 6.20. The molecule has 0 aliphatic carbocycles. The molecule has 0 spiro atoms. The van der Waals surface area contributed by atoms with Gasteiger partial charge in [0.25, 0.3) is 0 Å². The highest BCUT2D eigenvalue weighted by Gasteiger charge is 2.34. The van der Waals surface area contributed by atoms with Crippen molar-refractivity contribution >= 4 is 5.78 Å². The van der Waals surface area contributed by atoms with E-state index in [9.17, 15) is 4.79 Å². The summed E-state index contributed by atoms with van der Waals surface area (Å²) in [6.07, 6.45) is 0.794. The Hall–Kier alpha value is -1.89. The van der Waals surface area contributed by atoms with Gasteiger partial charge in [-0.3, -0.25) is 4.79 Å². The zero-order chi connectivity index (χ0) is 15.6. The molecule has 1 nitrogen and oxygen atoms in total. The molecule has 2 aromatic carbocycles. The lowest BCUT2D eigenvalue weighted by Gasteiger charge is -2.28. The molecule has 2 rings (SSSR count). The van der Waals surface area contributed by atoms with E-state index >= 15 is 0 Å². The third kappa shape index (κ3) is 2.92. The van der Waals surface area contributed by atoms with Crippen molar-refractivity contribution in [3.8, 4) is 0 Å². The Morgan fingerprint density at radius 2 is 1.52 bits per heavy atom. The van der Waals surface area contributed by atoms with Crippen molar-refractivity contribution in [1.29, 1.82) is 0 Å². The van der Waals surface area contributed by atoms with Crippen LogP contribution in [0.2, 0.25) is 0 Å². The highest BCUT2D eigenvalue weighted by Crippen LogP contribution is 2.32. The van der Waals surface area contributed by atoms with E-state index in [4.69, 9.17) is 0 Å². The quantitative estimate of drug-likeness (QED) is 0.707. The van der Waals surface area contributed by atoms with Gasteiger partial charge in [0, 0.05) is 5.56 Å². The van der Waals surface area contributed by atoms with Gasteiger partial charge in [0.1, 0.15) is 0 Å². The van der Waals surface area contributed by atoms with Gasteiger partial charge in [-0.05, 0) is 45.2 Å². The van der Waals surface area contributed by atoms with Crippen molar-refractivity contribution in [1.82, 2.24) is 0 Å². The largest absolute Gasteiger partial charge is 0.293 e. The van der Waals surface area contributed by atoms with E-state index in [1.165, 1.54) is 11.1 Å². The maximum Gasteiger partial charge on any atom is 0.173 e. The molecule has 0 fully saturated rings. The molecular formula is C20H24O. The van der Waals surface area contributed by atoms with Crippen LogP contribution in [0, 0.1) is 20.8 Å². The Labute approximate surface area is 128 Å². The summed E-state index contributed by atoms with van der Waals surface area (Å²) in [5, 5.41) is 0. The van der Waals surface area contributed by atoms with Gasteiger partial charge in [0.05, 0.1) is 5.41 Å². The Bertz CT molecular complexity index is 652. The summed E-state index contributed by atoms with van der Waals surface area (Å²) in [4.78, 5) is 13.1. The van der Waals surface area contributed by atoms with Crippen LogP contribution in [0.25, 0.3) is 0 Å². The van der Waals surface area contributed by atoms with Gasteiger partial charge in [-0.2, -0.15) is 0 Å². The van der Waals surface area contributed by atoms with Crippen LogP contribution in [-0.4, -0.2) is 5.78 Å². The number of hydrogen-bond donors (Lipinski definition) is 0. The van der Waals surface area contributed by atoms with E-state index in [-0.39, 0.29) is 5.78 Å². The second kappa shape index (κ2) is 5.85. The summed E-state index contributed by atoms with van der Waals surface area (Å²) in [6, 6.07) is 14.4. The van der Waals surface area contributed by atoms with Crippen molar-refractivity contribution in [2.75, 3.05) is 0 Å². The Morgan fingerprint density at radius 3 is 2.05 bits per heavy atom. The first-order valence-corrected chi connectivity index (χ1v) is 7.57. The molecule has 110 valence electrons. The zero-order valence-corrected chi connectivity index (χ0v) is 13.7. The summed E-state index contributed by atoms with van der Waals surface area (Å²) < 4.78 is 0. The molecule has 0 amide bonds. The highest BCUT2D eigenvalue weighted by molar-refractivity contribution is 6.04. The normalized spacial score (nSPS) is 13.8. The number of rotatable bonds is 4. The minimum absolute atomic E-state index is 0.214. The molecule has 0 saturated heterocycles. The zero-order valence-electron chi connectivity index (χ0n) is 13.7. The third-order valence-electron chi connectivity index (χ3n) is 4.52. The van der Waals surface area contributed by atoms with Crippen LogP contribution < -0.4 is 0 Å². The number of carbonyl (C=O) groups excluding carboxylic acids is 1. The average Bonchev–Trinajstić information content (AvgIpc) is 2.46. The number of ketones is 1. The van der Waals surface area contributed by atoms with E-state index < -0.39 is 5.41 Å². The molecule has 0 radical (unpaired) electrons. The fraction of sp³-hybridized carbons (Fsp3) is 0.350. The Morgan fingerprint density at radius 1 is 0.952 bits per heavy atom. The van der Waals surface area contributed by atoms with Gasteiger partial charge in [0.15, 0.2) is 5.78 Å². The fourth-order valence-corrected chi connectivity index (χ4v) is 2.78. The molecule has 1 heteroatoms. The predicted molar refractivity (Wildman–Crippen MR) is 89.1 cm³/mol. The monoisotopic (exact) mass is 280 g/mol. The van der Waals surface area contributed by atoms with Crippen LogP contribution >= 0.6 is 0 Å². The Kier molecular flexibility index (Phi) is 4.32. The predicted octanol–water partition coefficient (Wildman–Crippen LogP) is 5.16. The van der Waals surface area contributed by atoms with Crippen LogP contribution in [0.15, 0.2) is 42.5 Å². The molecule has 0 heterocycles. The van der Waals surface area contributed by atoms with Crippen molar-refractivity contribution in [2.24, 2.45) is 0 Å². The minimum Gasteiger partial charge on any atom is -0.293 e. The first-order chi connectivity index (χ1) is 9.88. The van der Waals surface area contributed by atoms with Crippen molar-refractivity contribution < 1.29 is 4.79 Å². The van der Waals surface area contributed by atoms with Crippen LogP contribution in [0.4, 0.5) is 0 Å². The maximum absolute atomic E-state index is 13.1. The van der Waals surface area contributed by atoms with Gasteiger partial charge < -0.3 is 0 Å². The van der Waals surface area contributed by atoms with E-state index in [0.717, 1.165) is 23.1 Å². The van der Waals surface area contributed by atoms with E-state index in [1.54, 1.807) is 0 Å². The number of hydrogen-bond acceptors (Lipinski definition) is 1. The molecule has 0 bridgehead atoms. The van der Waals surface area contributed by atoms with Gasteiger partial charge in [-0.15, -0.1) is 0 Å². The molecule has 0 aliphatic heterocycles. The smallest absolute Gasteiger partial charge is 0.173 e. The van der Waals surface area contributed by atoms with Crippen LogP contribution in [0.1, 0.15) is 52.9 Å². The van der Waals surface area contributed by atoms with Gasteiger partial charge in [-0.25, -0.2) is 0 Å². The van der Waals surface area contributed by atoms with E-state index in [2.05, 4.69) is 58.0 Å². The summed E-state index contributed by atoms with van der Waals surface area (Å²) in [5.41, 5.74) is 4.94. The SMILES string of the molecule is CCC(C)(C(=O)c1ccc(C)cc1C)c1ccc(C)cc1. The summed E-state index contributed by atoms with van der Waals surface area (Å²) >= 11 is 0. The first-order valence-electron chi connectivity index (χ1n) is 7.57. The van der Waals surface area contributed by atoms with E-state index in [1.807, 2.05) is 19.1 Å². The van der Waals surface area contributed by atoms with Crippen molar-refractivity contribution in [2.45, 2.75) is 46.5 Å². The van der Waals surface area contributed by atoms with Gasteiger partial charge >= 0.3 is 0 Å². The molecule has 2 aromatic rings. The van der Waals surface area contributed by atoms with Gasteiger partial charge in [0.2, 0.25) is 0 Å². The highest BCUT2D eigenvalue weighted by atomic mass is 16.1. The standard InChI is InChI=1S/C20H24O/c1-6-20(5,17-10-7-14(2)8-11-17)19(21)18-12-9-15(3)13-16(18)4/h7-13H,6H2,1-5H3. The number of benzene rings is 2. The Balaban J connectivity index is 2.48. The molecule has 1 atom stereocenters. The average molecular weight is 280 g/mol. The fourth-order valence-electron chi connectivity index (χ4n) is 2.78.